The van der Waals surface area contributed by atoms with E-state index in [4.69, 9.17) is 21.1 Å². The second kappa shape index (κ2) is 8.08. The molecule has 118 valence electrons. The van der Waals surface area contributed by atoms with Gasteiger partial charge in [0, 0.05) is 38.4 Å². The van der Waals surface area contributed by atoms with E-state index in [9.17, 15) is 4.39 Å². The van der Waals surface area contributed by atoms with Gasteiger partial charge in [-0.15, -0.1) is 0 Å². The van der Waals surface area contributed by atoms with Crippen LogP contribution in [-0.2, 0) is 15.9 Å². The van der Waals surface area contributed by atoms with Crippen molar-refractivity contribution in [2.45, 2.75) is 19.3 Å². The van der Waals surface area contributed by atoms with Crippen LogP contribution in [0.15, 0.2) is 18.2 Å². The fraction of sp³-hybridized carbons (Fsp3) is 0.625. The monoisotopic (exact) mass is 315 g/mol. The highest BCUT2D eigenvalue weighted by molar-refractivity contribution is 6.31. The number of hydrogen-bond donors (Lipinski definition) is 1. The second-order valence-corrected chi connectivity index (χ2v) is 6.10. The highest BCUT2D eigenvalue weighted by atomic mass is 35.5. The summed E-state index contributed by atoms with van der Waals surface area (Å²) in [5.74, 6) is -0.232. The molecule has 1 fully saturated rings. The van der Waals surface area contributed by atoms with E-state index in [0.29, 0.717) is 11.6 Å². The van der Waals surface area contributed by atoms with Crippen LogP contribution in [0.2, 0.25) is 5.02 Å². The molecule has 0 saturated carbocycles. The minimum absolute atomic E-state index is 0.0728. The Balaban J connectivity index is 2.06. The lowest BCUT2D eigenvalue weighted by Crippen LogP contribution is -2.41. The summed E-state index contributed by atoms with van der Waals surface area (Å²) in [5.41, 5.74) is 0.954. The van der Waals surface area contributed by atoms with E-state index in [1.165, 1.54) is 6.07 Å². The van der Waals surface area contributed by atoms with E-state index in [2.05, 4.69) is 5.32 Å². The lowest BCUT2D eigenvalue weighted by atomic mass is 9.75. The van der Waals surface area contributed by atoms with Crippen molar-refractivity contribution in [3.05, 3.63) is 34.6 Å². The Hall–Kier alpha value is -0.680. The summed E-state index contributed by atoms with van der Waals surface area (Å²) in [6.07, 6.45) is 2.69. The first-order chi connectivity index (χ1) is 10.2. The van der Waals surface area contributed by atoms with E-state index in [1.807, 2.05) is 0 Å². The molecule has 0 aromatic heterocycles. The smallest absolute Gasteiger partial charge is 0.123 e. The molecule has 0 radical (unpaired) electrons. The van der Waals surface area contributed by atoms with Gasteiger partial charge < -0.3 is 14.8 Å². The van der Waals surface area contributed by atoms with Gasteiger partial charge in [-0.2, -0.15) is 0 Å². The van der Waals surface area contributed by atoms with Crippen LogP contribution in [0.1, 0.15) is 18.4 Å². The van der Waals surface area contributed by atoms with Crippen molar-refractivity contribution in [2.24, 2.45) is 5.41 Å². The number of benzene rings is 1. The second-order valence-electron chi connectivity index (χ2n) is 5.69. The maximum atomic E-state index is 13.5. The molecule has 1 N–H and O–H groups in total. The van der Waals surface area contributed by atoms with E-state index < -0.39 is 0 Å². The Morgan fingerprint density at radius 2 is 2.14 bits per heavy atom. The minimum Gasteiger partial charge on any atom is -0.383 e. The van der Waals surface area contributed by atoms with Crippen LogP contribution in [0.3, 0.4) is 0 Å². The minimum atomic E-state index is -0.232. The number of hydrogen-bond acceptors (Lipinski definition) is 3. The van der Waals surface area contributed by atoms with Gasteiger partial charge in [0.15, 0.2) is 0 Å². The van der Waals surface area contributed by atoms with Crippen LogP contribution in [0.25, 0.3) is 0 Å². The molecule has 1 aromatic carbocycles. The predicted molar refractivity (Wildman–Crippen MR) is 82.3 cm³/mol. The molecule has 0 bridgehead atoms. The molecular formula is C16H23ClFNO2. The summed E-state index contributed by atoms with van der Waals surface area (Å²) in [6, 6.07) is 4.59. The molecule has 5 heteroatoms. The number of rotatable bonds is 7. The van der Waals surface area contributed by atoms with Crippen molar-refractivity contribution in [2.75, 3.05) is 40.0 Å². The maximum Gasteiger partial charge on any atom is 0.123 e. The molecular weight excluding hydrogens is 293 g/mol. The van der Waals surface area contributed by atoms with Crippen molar-refractivity contribution in [3.8, 4) is 0 Å². The van der Waals surface area contributed by atoms with Crippen molar-refractivity contribution in [1.29, 1.82) is 0 Å². The molecule has 1 aliphatic heterocycles. The van der Waals surface area contributed by atoms with Gasteiger partial charge >= 0.3 is 0 Å². The SMILES string of the molecule is COCCNCC1(Cc2cc(F)ccc2Cl)CCOCC1. The standard InChI is InChI=1S/C16H23ClFNO2/c1-20-9-6-19-12-16(4-7-21-8-5-16)11-13-10-14(18)2-3-15(13)17/h2-3,10,19H,4-9,11-12H2,1H3. The van der Waals surface area contributed by atoms with Gasteiger partial charge in [0.1, 0.15) is 5.82 Å². The predicted octanol–water partition coefficient (Wildman–Crippen LogP) is 3.05. The van der Waals surface area contributed by atoms with Crippen molar-refractivity contribution in [1.82, 2.24) is 5.32 Å². The molecule has 1 aliphatic rings. The Morgan fingerprint density at radius 3 is 2.86 bits per heavy atom. The molecule has 0 atom stereocenters. The fourth-order valence-electron chi connectivity index (χ4n) is 2.83. The highest BCUT2D eigenvalue weighted by Gasteiger charge is 2.33. The van der Waals surface area contributed by atoms with Crippen LogP contribution in [-0.4, -0.2) is 40.0 Å². The molecule has 1 heterocycles. The first-order valence-electron chi connectivity index (χ1n) is 7.37. The lowest BCUT2D eigenvalue weighted by molar-refractivity contribution is 0.0143. The molecule has 0 spiro atoms. The van der Waals surface area contributed by atoms with E-state index in [1.54, 1.807) is 19.2 Å². The summed E-state index contributed by atoms with van der Waals surface area (Å²) >= 11 is 6.22. The van der Waals surface area contributed by atoms with Crippen molar-refractivity contribution < 1.29 is 13.9 Å². The first kappa shape index (κ1) is 16.7. The van der Waals surface area contributed by atoms with Gasteiger partial charge in [0.2, 0.25) is 0 Å². The van der Waals surface area contributed by atoms with Crippen LogP contribution >= 0.6 is 11.6 Å². The number of nitrogens with one attached hydrogen (secondary N) is 1. The van der Waals surface area contributed by atoms with Gasteiger partial charge in [0.05, 0.1) is 6.61 Å². The fourth-order valence-corrected chi connectivity index (χ4v) is 3.02. The molecule has 0 unspecified atom stereocenters. The van der Waals surface area contributed by atoms with E-state index in [-0.39, 0.29) is 11.2 Å². The zero-order chi connectivity index (χ0) is 15.1. The average molecular weight is 316 g/mol. The lowest BCUT2D eigenvalue weighted by Gasteiger charge is -2.38. The third-order valence-corrected chi connectivity index (χ3v) is 4.48. The first-order valence-corrected chi connectivity index (χ1v) is 7.74. The molecule has 21 heavy (non-hydrogen) atoms. The summed E-state index contributed by atoms with van der Waals surface area (Å²) in [5, 5.41) is 4.07. The van der Waals surface area contributed by atoms with Crippen LogP contribution in [0.4, 0.5) is 4.39 Å². The topological polar surface area (TPSA) is 30.5 Å². The highest BCUT2D eigenvalue weighted by Crippen LogP contribution is 2.35. The molecule has 3 nitrogen and oxygen atoms in total. The number of halogens is 2. The number of ether oxygens (including phenoxy) is 2. The maximum absolute atomic E-state index is 13.5. The zero-order valence-corrected chi connectivity index (χ0v) is 13.2. The zero-order valence-electron chi connectivity index (χ0n) is 12.5. The molecule has 0 aliphatic carbocycles. The summed E-state index contributed by atoms with van der Waals surface area (Å²) < 4.78 is 24.0. The van der Waals surface area contributed by atoms with Crippen molar-refractivity contribution >= 4 is 11.6 Å². The normalized spacial score (nSPS) is 17.9. The van der Waals surface area contributed by atoms with Crippen LogP contribution in [0.5, 0.6) is 0 Å². The van der Waals surface area contributed by atoms with Gasteiger partial charge in [-0.25, -0.2) is 4.39 Å². The van der Waals surface area contributed by atoms with Gasteiger partial charge in [-0.3, -0.25) is 0 Å². The van der Waals surface area contributed by atoms with E-state index in [0.717, 1.165) is 51.1 Å². The summed E-state index contributed by atoms with van der Waals surface area (Å²) in [6.45, 7) is 3.87. The van der Waals surface area contributed by atoms with Crippen molar-refractivity contribution in [3.63, 3.8) is 0 Å². The molecule has 0 amide bonds. The summed E-state index contributed by atoms with van der Waals surface area (Å²) in [4.78, 5) is 0. The van der Waals surface area contributed by atoms with Crippen LogP contribution in [0, 0.1) is 11.2 Å². The largest absolute Gasteiger partial charge is 0.383 e. The van der Waals surface area contributed by atoms with E-state index >= 15 is 0 Å². The third-order valence-electron chi connectivity index (χ3n) is 4.11. The van der Waals surface area contributed by atoms with Crippen LogP contribution < -0.4 is 5.32 Å². The quantitative estimate of drug-likeness (QED) is 0.785. The Kier molecular flexibility index (Phi) is 6.42. The number of methoxy groups -OCH3 is 1. The Bertz CT molecular complexity index is 450. The van der Waals surface area contributed by atoms with Gasteiger partial charge in [0.25, 0.3) is 0 Å². The van der Waals surface area contributed by atoms with Gasteiger partial charge in [-0.05, 0) is 48.4 Å². The third kappa shape index (κ3) is 4.92. The molecule has 1 aromatic rings. The van der Waals surface area contributed by atoms with Gasteiger partial charge in [-0.1, -0.05) is 11.6 Å². The summed E-state index contributed by atoms with van der Waals surface area (Å²) in [7, 11) is 1.69. The Labute approximate surface area is 130 Å². The average Bonchev–Trinajstić information content (AvgIpc) is 2.49. The molecule has 2 rings (SSSR count). The Morgan fingerprint density at radius 1 is 1.38 bits per heavy atom. The molecule has 1 saturated heterocycles.